The molecule has 0 aromatic rings. The molecule has 11 heavy (non-hydrogen) atoms. The van der Waals surface area contributed by atoms with Crippen LogP contribution in [0, 0.1) is 0 Å². The molecule has 0 amide bonds. The summed E-state index contributed by atoms with van der Waals surface area (Å²) < 4.78 is 5.51. The smallest absolute Gasteiger partial charge is 0.118 e. The van der Waals surface area contributed by atoms with E-state index < -0.39 is 0 Å². The highest BCUT2D eigenvalue weighted by atomic mass is 16.5. The number of rotatable bonds is 0. The van der Waals surface area contributed by atoms with Crippen LogP contribution in [-0.2, 0) is 4.74 Å². The zero-order chi connectivity index (χ0) is 7.52. The minimum absolute atomic E-state index is 0.728. The van der Waals surface area contributed by atoms with Gasteiger partial charge in [0, 0.05) is 0 Å². The lowest BCUT2D eigenvalue weighted by Gasteiger charge is -2.15. The second-order valence-electron chi connectivity index (χ2n) is 2.89. The van der Waals surface area contributed by atoms with Gasteiger partial charge in [0.2, 0.25) is 0 Å². The molecule has 0 unspecified atom stereocenters. The second-order valence-corrected chi connectivity index (χ2v) is 2.89. The molecule has 2 rings (SSSR count). The first-order chi connectivity index (χ1) is 5.47. The maximum absolute atomic E-state index is 5.51. The maximum atomic E-state index is 5.51. The third-order valence-electron chi connectivity index (χ3n) is 2.07. The summed E-state index contributed by atoms with van der Waals surface area (Å²) in [7, 11) is 0. The van der Waals surface area contributed by atoms with E-state index in [1.165, 1.54) is 24.8 Å². The summed E-state index contributed by atoms with van der Waals surface area (Å²) in [4.78, 5) is 0. The van der Waals surface area contributed by atoms with Crippen molar-refractivity contribution in [3.05, 3.63) is 35.6 Å². The average molecular weight is 148 g/mol. The molecule has 1 aliphatic carbocycles. The average Bonchev–Trinajstić information content (AvgIpc) is 2.28. The van der Waals surface area contributed by atoms with E-state index in [-0.39, 0.29) is 0 Å². The van der Waals surface area contributed by atoms with Gasteiger partial charge in [-0.3, -0.25) is 0 Å². The third-order valence-corrected chi connectivity index (χ3v) is 2.07. The fourth-order valence-corrected chi connectivity index (χ4v) is 1.47. The lowest BCUT2D eigenvalue weighted by molar-refractivity contribution is 0.251. The van der Waals surface area contributed by atoms with Gasteiger partial charge >= 0.3 is 0 Å². The van der Waals surface area contributed by atoms with Gasteiger partial charge in [-0.25, -0.2) is 0 Å². The van der Waals surface area contributed by atoms with Crippen molar-refractivity contribution in [3.8, 4) is 0 Å². The fraction of sp³-hybridized carbons (Fsp3) is 0.400. The van der Waals surface area contributed by atoms with Gasteiger partial charge < -0.3 is 4.74 Å². The Morgan fingerprint density at radius 1 is 1.36 bits per heavy atom. The SMILES string of the molecule is C1=CCOC2=CCCCC2=C1. The minimum Gasteiger partial charge on any atom is -0.490 e. The first-order valence-corrected chi connectivity index (χ1v) is 4.16. The van der Waals surface area contributed by atoms with E-state index in [1.807, 2.05) is 6.08 Å². The fourth-order valence-electron chi connectivity index (χ4n) is 1.47. The largest absolute Gasteiger partial charge is 0.490 e. The van der Waals surface area contributed by atoms with Gasteiger partial charge in [0.25, 0.3) is 0 Å². The van der Waals surface area contributed by atoms with E-state index in [2.05, 4.69) is 18.2 Å². The van der Waals surface area contributed by atoms with Gasteiger partial charge in [0.05, 0.1) is 0 Å². The number of hydrogen-bond donors (Lipinski definition) is 0. The molecule has 0 aromatic heterocycles. The lowest BCUT2D eigenvalue weighted by atomic mass is 10.00. The van der Waals surface area contributed by atoms with Crippen molar-refractivity contribution in [2.75, 3.05) is 6.61 Å². The van der Waals surface area contributed by atoms with Crippen molar-refractivity contribution in [2.24, 2.45) is 0 Å². The van der Waals surface area contributed by atoms with Crippen LogP contribution in [0.5, 0.6) is 0 Å². The number of hydrogen-bond acceptors (Lipinski definition) is 1. The molecule has 1 nitrogen and oxygen atoms in total. The highest BCUT2D eigenvalue weighted by Gasteiger charge is 2.10. The van der Waals surface area contributed by atoms with Crippen molar-refractivity contribution in [1.29, 1.82) is 0 Å². The van der Waals surface area contributed by atoms with Crippen LogP contribution >= 0.6 is 0 Å². The van der Waals surface area contributed by atoms with Gasteiger partial charge in [0.15, 0.2) is 0 Å². The molecule has 0 atom stereocenters. The number of fused-ring (bicyclic) bond motifs is 1. The van der Waals surface area contributed by atoms with Crippen molar-refractivity contribution in [2.45, 2.75) is 19.3 Å². The minimum atomic E-state index is 0.728. The monoisotopic (exact) mass is 148 g/mol. The molecule has 1 heteroatoms. The van der Waals surface area contributed by atoms with E-state index in [0.29, 0.717) is 0 Å². The Balaban J connectivity index is 2.27. The molecule has 0 spiro atoms. The summed E-state index contributed by atoms with van der Waals surface area (Å²) in [5, 5.41) is 0. The Morgan fingerprint density at radius 3 is 3.36 bits per heavy atom. The lowest BCUT2D eigenvalue weighted by Crippen LogP contribution is -1.99. The molecule has 2 aliphatic rings. The summed E-state index contributed by atoms with van der Waals surface area (Å²) in [6.07, 6.45) is 12.1. The van der Waals surface area contributed by atoms with Crippen LogP contribution in [-0.4, -0.2) is 6.61 Å². The van der Waals surface area contributed by atoms with E-state index in [4.69, 9.17) is 4.74 Å². The number of ether oxygens (including phenoxy) is 1. The van der Waals surface area contributed by atoms with Crippen molar-refractivity contribution in [1.82, 2.24) is 0 Å². The van der Waals surface area contributed by atoms with E-state index >= 15 is 0 Å². The topological polar surface area (TPSA) is 9.23 Å². The summed E-state index contributed by atoms with van der Waals surface area (Å²) in [6, 6.07) is 0. The van der Waals surface area contributed by atoms with Gasteiger partial charge in [-0.05, 0) is 37.0 Å². The van der Waals surface area contributed by atoms with Crippen LogP contribution < -0.4 is 0 Å². The molecule has 0 aromatic carbocycles. The highest BCUT2D eigenvalue weighted by Crippen LogP contribution is 2.25. The molecular formula is C10H12O. The van der Waals surface area contributed by atoms with Crippen LogP contribution in [0.15, 0.2) is 35.6 Å². The van der Waals surface area contributed by atoms with E-state index in [0.717, 1.165) is 12.4 Å². The molecule has 0 N–H and O–H groups in total. The quantitative estimate of drug-likeness (QED) is 0.513. The molecule has 0 fully saturated rings. The first-order valence-electron chi connectivity index (χ1n) is 4.16. The molecule has 1 heterocycles. The maximum Gasteiger partial charge on any atom is 0.118 e. The van der Waals surface area contributed by atoms with Crippen LogP contribution in [0.3, 0.4) is 0 Å². The molecule has 0 bridgehead atoms. The predicted molar refractivity (Wildman–Crippen MR) is 45.1 cm³/mol. The summed E-state index contributed by atoms with van der Waals surface area (Å²) >= 11 is 0. The molecule has 0 saturated carbocycles. The summed E-state index contributed by atoms with van der Waals surface area (Å²) in [6.45, 7) is 0.728. The Bertz CT molecular complexity index is 233. The van der Waals surface area contributed by atoms with E-state index in [9.17, 15) is 0 Å². The highest BCUT2D eigenvalue weighted by molar-refractivity contribution is 5.33. The van der Waals surface area contributed by atoms with Gasteiger partial charge in [-0.1, -0.05) is 12.2 Å². The third kappa shape index (κ3) is 1.37. The molecule has 1 aliphatic heterocycles. The van der Waals surface area contributed by atoms with Gasteiger partial charge in [-0.15, -0.1) is 0 Å². The summed E-state index contributed by atoms with van der Waals surface area (Å²) in [5.74, 6) is 1.11. The molecule has 0 saturated heterocycles. The van der Waals surface area contributed by atoms with Crippen molar-refractivity contribution in [3.63, 3.8) is 0 Å². The Hall–Kier alpha value is -0.980. The van der Waals surface area contributed by atoms with Crippen LogP contribution in [0.1, 0.15) is 19.3 Å². The molecular weight excluding hydrogens is 136 g/mol. The zero-order valence-corrected chi connectivity index (χ0v) is 6.55. The molecule has 58 valence electrons. The Labute approximate surface area is 67.1 Å². The standard InChI is InChI=1S/C10H12O/c1-2-7-10-9(5-1)6-3-4-8-11-10/h3-4,6-7H,1-2,5,8H2. The predicted octanol–water partition coefficient (Wildman–Crippen LogP) is 2.57. The van der Waals surface area contributed by atoms with Crippen LogP contribution in [0.4, 0.5) is 0 Å². The Kier molecular flexibility index (Phi) is 1.80. The van der Waals surface area contributed by atoms with Crippen molar-refractivity contribution >= 4 is 0 Å². The first kappa shape index (κ1) is 6.71. The van der Waals surface area contributed by atoms with E-state index in [1.54, 1.807) is 0 Å². The van der Waals surface area contributed by atoms with Crippen LogP contribution in [0.25, 0.3) is 0 Å². The normalized spacial score (nSPS) is 22.5. The van der Waals surface area contributed by atoms with Gasteiger partial charge in [0.1, 0.15) is 12.4 Å². The Morgan fingerprint density at radius 2 is 2.36 bits per heavy atom. The second kappa shape index (κ2) is 2.95. The zero-order valence-electron chi connectivity index (χ0n) is 6.55. The summed E-state index contributed by atoms with van der Waals surface area (Å²) in [5.41, 5.74) is 1.37. The van der Waals surface area contributed by atoms with Crippen molar-refractivity contribution < 1.29 is 4.74 Å². The van der Waals surface area contributed by atoms with Crippen LogP contribution in [0.2, 0.25) is 0 Å². The number of allylic oxidation sites excluding steroid dienone is 4. The van der Waals surface area contributed by atoms with Gasteiger partial charge in [-0.2, -0.15) is 0 Å². The molecule has 0 radical (unpaired) electrons.